The Morgan fingerprint density at radius 1 is 1.45 bits per heavy atom. The third kappa shape index (κ3) is 3.21. The van der Waals surface area contributed by atoms with Gasteiger partial charge in [0.15, 0.2) is 0 Å². The second-order valence-electron chi connectivity index (χ2n) is 5.58. The molecule has 0 saturated heterocycles. The van der Waals surface area contributed by atoms with Crippen LogP contribution in [0.4, 0.5) is 0 Å². The lowest BCUT2D eigenvalue weighted by Gasteiger charge is -2.29. The Balaban J connectivity index is 2.19. The van der Waals surface area contributed by atoms with Gasteiger partial charge in [0.1, 0.15) is 4.90 Å². The van der Waals surface area contributed by atoms with Crippen molar-refractivity contribution in [1.29, 1.82) is 0 Å². The Kier molecular flexibility index (Phi) is 5.15. The van der Waals surface area contributed by atoms with E-state index in [9.17, 15) is 8.42 Å². The highest BCUT2D eigenvalue weighted by molar-refractivity contribution is 7.89. The van der Waals surface area contributed by atoms with Gasteiger partial charge in [-0.25, -0.2) is 12.7 Å². The van der Waals surface area contributed by atoms with E-state index in [-0.39, 0.29) is 0 Å². The molecule has 20 heavy (non-hydrogen) atoms. The molecule has 0 spiro atoms. The van der Waals surface area contributed by atoms with Gasteiger partial charge in [0, 0.05) is 32.0 Å². The first-order valence-corrected chi connectivity index (χ1v) is 9.17. The monoisotopic (exact) mass is 318 g/mol. The number of halogens is 1. The van der Waals surface area contributed by atoms with Gasteiger partial charge in [0.25, 0.3) is 0 Å². The molecule has 0 amide bonds. The maximum absolute atomic E-state index is 12.6. The average Bonchev–Trinajstić information content (AvgIpc) is 2.77. The van der Waals surface area contributed by atoms with Crippen molar-refractivity contribution in [2.75, 3.05) is 13.6 Å². The summed E-state index contributed by atoms with van der Waals surface area (Å²) in [7, 11) is -1.71. The Morgan fingerprint density at radius 3 is 2.65 bits per heavy atom. The molecular formula is C14H23ClN2O2S. The van der Waals surface area contributed by atoms with Crippen LogP contribution in [0.3, 0.4) is 0 Å². The van der Waals surface area contributed by atoms with Crippen molar-refractivity contribution in [2.45, 2.75) is 49.9 Å². The molecule has 2 rings (SSSR count). The average molecular weight is 319 g/mol. The summed E-state index contributed by atoms with van der Waals surface area (Å²) >= 11 is 5.90. The van der Waals surface area contributed by atoms with Crippen molar-refractivity contribution in [3.63, 3.8) is 0 Å². The third-order valence-corrected chi connectivity index (χ3v) is 6.07. The number of hydrogen-bond acceptors (Lipinski definition) is 2. The van der Waals surface area contributed by atoms with Crippen molar-refractivity contribution in [1.82, 2.24) is 8.87 Å². The number of alkyl halides is 1. The summed E-state index contributed by atoms with van der Waals surface area (Å²) in [6.07, 6.45) is 6.18. The van der Waals surface area contributed by atoms with Crippen LogP contribution in [0.5, 0.6) is 0 Å². The first-order valence-electron chi connectivity index (χ1n) is 7.20. The van der Waals surface area contributed by atoms with E-state index in [1.165, 1.54) is 10.7 Å². The summed E-state index contributed by atoms with van der Waals surface area (Å²) in [5.41, 5.74) is 0.865. The molecule has 1 aliphatic carbocycles. The highest BCUT2D eigenvalue weighted by Crippen LogP contribution is 2.29. The molecule has 4 nitrogen and oxygen atoms in total. The molecular weight excluding hydrogens is 296 g/mol. The maximum Gasteiger partial charge on any atom is 0.244 e. The highest BCUT2D eigenvalue weighted by Gasteiger charge is 2.28. The van der Waals surface area contributed by atoms with Gasteiger partial charge in [-0.2, -0.15) is 0 Å². The van der Waals surface area contributed by atoms with Crippen LogP contribution in [-0.2, 0) is 22.4 Å². The summed E-state index contributed by atoms with van der Waals surface area (Å²) in [5.74, 6) is 0.863. The fourth-order valence-electron chi connectivity index (χ4n) is 2.54. The minimum Gasteiger partial charge on any atom is -0.349 e. The van der Waals surface area contributed by atoms with Crippen molar-refractivity contribution in [2.24, 2.45) is 5.92 Å². The van der Waals surface area contributed by atoms with Crippen LogP contribution in [0.25, 0.3) is 0 Å². The van der Waals surface area contributed by atoms with Gasteiger partial charge in [-0.3, -0.25) is 0 Å². The summed E-state index contributed by atoms with van der Waals surface area (Å²) in [4.78, 5) is 0.364. The van der Waals surface area contributed by atoms with Crippen molar-refractivity contribution in [3.05, 3.63) is 18.0 Å². The topological polar surface area (TPSA) is 42.3 Å². The molecule has 1 aromatic heterocycles. The molecule has 6 heteroatoms. The van der Waals surface area contributed by atoms with Gasteiger partial charge >= 0.3 is 0 Å². The summed E-state index contributed by atoms with van der Waals surface area (Å²) in [6.45, 7) is 3.48. The Bertz CT molecular complexity index is 550. The van der Waals surface area contributed by atoms with Crippen molar-refractivity contribution in [3.8, 4) is 0 Å². The number of aryl methyl sites for hydroxylation is 1. The van der Waals surface area contributed by atoms with Gasteiger partial charge < -0.3 is 4.57 Å². The van der Waals surface area contributed by atoms with Crippen LogP contribution in [0, 0.1) is 5.92 Å². The van der Waals surface area contributed by atoms with Gasteiger partial charge in [-0.05, 0) is 31.2 Å². The lowest BCUT2D eigenvalue weighted by Crippen LogP contribution is -2.34. The molecule has 0 unspecified atom stereocenters. The van der Waals surface area contributed by atoms with E-state index < -0.39 is 10.0 Å². The molecule has 0 radical (unpaired) electrons. The standard InChI is InChI=1S/C14H23ClN2O2S/c1-3-7-17-11-14(8-13(17)9-15)20(18,19)16(2)10-12-5-4-6-12/h8,11-12H,3-7,9-10H2,1-2H3. The molecule has 0 atom stereocenters. The zero-order valence-electron chi connectivity index (χ0n) is 12.2. The molecule has 0 aromatic carbocycles. The SMILES string of the molecule is CCCn1cc(S(=O)(=O)N(C)CC2CCC2)cc1CCl. The number of sulfonamides is 1. The molecule has 1 aromatic rings. The highest BCUT2D eigenvalue weighted by atomic mass is 35.5. The Hall–Kier alpha value is -0.520. The molecule has 1 saturated carbocycles. The van der Waals surface area contributed by atoms with Gasteiger partial charge in [-0.15, -0.1) is 11.6 Å². The van der Waals surface area contributed by atoms with Crippen molar-refractivity contribution < 1.29 is 8.42 Å². The van der Waals surface area contributed by atoms with Crippen LogP contribution < -0.4 is 0 Å². The first-order chi connectivity index (χ1) is 9.48. The number of rotatable bonds is 7. The van der Waals surface area contributed by atoms with E-state index in [0.717, 1.165) is 31.5 Å². The minimum absolute atomic E-state index is 0.335. The van der Waals surface area contributed by atoms with Crippen LogP contribution in [0.1, 0.15) is 38.3 Å². The molecule has 0 aliphatic heterocycles. The third-order valence-electron chi connectivity index (χ3n) is 4.01. The molecule has 1 aliphatic rings. The van der Waals surface area contributed by atoms with E-state index in [2.05, 4.69) is 6.92 Å². The predicted molar refractivity (Wildman–Crippen MR) is 81.4 cm³/mol. The zero-order valence-corrected chi connectivity index (χ0v) is 13.8. The Labute approximate surface area is 126 Å². The van der Waals surface area contributed by atoms with E-state index in [0.29, 0.717) is 23.2 Å². The quantitative estimate of drug-likeness (QED) is 0.725. The minimum atomic E-state index is -3.39. The van der Waals surface area contributed by atoms with E-state index in [1.807, 2.05) is 4.57 Å². The van der Waals surface area contributed by atoms with E-state index in [4.69, 9.17) is 11.6 Å². The fraction of sp³-hybridized carbons (Fsp3) is 0.714. The summed E-state index contributed by atoms with van der Waals surface area (Å²) < 4.78 is 28.6. The lowest BCUT2D eigenvalue weighted by molar-refractivity contribution is 0.263. The molecule has 1 fully saturated rings. The first kappa shape index (κ1) is 15.9. The number of hydrogen-bond donors (Lipinski definition) is 0. The van der Waals surface area contributed by atoms with E-state index in [1.54, 1.807) is 19.3 Å². The number of aromatic nitrogens is 1. The molecule has 114 valence electrons. The summed E-state index contributed by atoms with van der Waals surface area (Å²) in [6, 6.07) is 1.70. The van der Waals surface area contributed by atoms with Crippen LogP contribution >= 0.6 is 11.6 Å². The molecule has 0 bridgehead atoms. The normalized spacial score (nSPS) is 16.6. The van der Waals surface area contributed by atoms with Gasteiger partial charge in [0.05, 0.1) is 5.88 Å². The molecule has 1 heterocycles. The maximum atomic E-state index is 12.6. The zero-order chi connectivity index (χ0) is 14.8. The fourth-order valence-corrected chi connectivity index (χ4v) is 4.09. The second kappa shape index (κ2) is 6.50. The Morgan fingerprint density at radius 2 is 2.15 bits per heavy atom. The molecule has 0 N–H and O–H groups in total. The summed E-state index contributed by atoms with van der Waals surface area (Å²) in [5, 5.41) is 0. The van der Waals surface area contributed by atoms with Gasteiger partial charge in [0.2, 0.25) is 10.0 Å². The number of nitrogens with zero attached hydrogens (tertiary/aromatic N) is 2. The van der Waals surface area contributed by atoms with Crippen molar-refractivity contribution >= 4 is 21.6 Å². The van der Waals surface area contributed by atoms with Gasteiger partial charge in [-0.1, -0.05) is 13.3 Å². The smallest absolute Gasteiger partial charge is 0.244 e. The van der Waals surface area contributed by atoms with Crippen LogP contribution in [0.2, 0.25) is 0 Å². The lowest BCUT2D eigenvalue weighted by atomic mass is 9.86. The van der Waals surface area contributed by atoms with E-state index >= 15 is 0 Å². The largest absolute Gasteiger partial charge is 0.349 e. The van der Waals surface area contributed by atoms with Crippen LogP contribution in [0.15, 0.2) is 17.2 Å². The predicted octanol–water partition coefficient (Wildman–Crippen LogP) is 3.06. The second-order valence-corrected chi connectivity index (χ2v) is 7.89. The van der Waals surface area contributed by atoms with Crippen LogP contribution in [-0.4, -0.2) is 30.9 Å².